The summed E-state index contributed by atoms with van der Waals surface area (Å²) in [5.74, 6) is 2.26. The number of carbonyl (C=O) groups is 1. The van der Waals surface area contributed by atoms with Crippen LogP contribution in [0.25, 0.3) is 22.8 Å². The second-order valence-corrected chi connectivity index (χ2v) is 7.46. The van der Waals surface area contributed by atoms with E-state index in [0.717, 1.165) is 16.9 Å². The molecule has 1 aliphatic heterocycles. The van der Waals surface area contributed by atoms with Gasteiger partial charge in [-0.1, -0.05) is 35.5 Å². The smallest absolute Gasteiger partial charge is 0.258 e. The molecule has 1 aliphatic rings. The predicted octanol–water partition coefficient (Wildman–Crippen LogP) is 4.32. The molecule has 0 unspecified atom stereocenters. The lowest BCUT2D eigenvalue weighted by Gasteiger charge is -2.39. The maximum absolute atomic E-state index is 12.7. The molecule has 7 nitrogen and oxygen atoms in total. The standard InChI is InChI=1S/C25H21N3O4/c1-30-22-10-6-5-9-21(22)25(29)28-15-20(16-28)31-19-13-11-17(12-14-19)23-26-24(32-27-23)18-7-3-2-4-8-18/h2-14,20H,15-16H2,1H3. The molecule has 2 heterocycles. The molecule has 0 aliphatic carbocycles. The number of likely N-dealkylation sites (tertiary alicyclic amines) is 1. The Morgan fingerprint density at radius 2 is 1.66 bits per heavy atom. The Kier molecular flexibility index (Phi) is 5.29. The van der Waals surface area contributed by atoms with E-state index in [2.05, 4.69) is 10.1 Å². The molecule has 5 rings (SSSR count). The van der Waals surface area contributed by atoms with E-state index in [1.165, 1.54) is 0 Å². The fourth-order valence-electron chi connectivity index (χ4n) is 3.58. The molecule has 1 fully saturated rings. The summed E-state index contributed by atoms with van der Waals surface area (Å²) in [5.41, 5.74) is 2.28. The van der Waals surface area contributed by atoms with Gasteiger partial charge in [0.1, 0.15) is 17.6 Å². The van der Waals surface area contributed by atoms with Gasteiger partial charge in [-0.3, -0.25) is 4.79 Å². The van der Waals surface area contributed by atoms with Gasteiger partial charge in [-0.2, -0.15) is 4.98 Å². The van der Waals surface area contributed by atoms with Gasteiger partial charge in [0.25, 0.3) is 11.8 Å². The number of rotatable bonds is 6. The van der Waals surface area contributed by atoms with E-state index in [0.29, 0.717) is 36.1 Å². The quantitative estimate of drug-likeness (QED) is 0.456. The van der Waals surface area contributed by atoms with E-state index < -0.39 is 0 Å². The Bertz CT molecular complexity index is 1220. The first-order chi connectivity index (χ1) is 15.7. The molecule has 0 bridgehead atoms. The molecule has 1 saturated heterocycles. The van der Waals surface area contributed by atoms with E-state index in [-0.39, 0.29) is 12.0 Å². The van der Waals surface area contributed by atoms with Crippen molar-refractivity contribution in [3.8, 4) is 34.3 Å². The van der Waals surface area contributed by atoms with Gasteiger partial charge in [-0.25, -0.2) is 0 Å². The van der Waals surface area contributed by atoms with Crippen molar-refractivity contribution in [1.29, 1.82) is 0 Å². The summed E-state index contributed by atoms with van der Waals surface area (Å²) < 4.78 is 16.7. The Balaban J connectivity index is 1.19. The number of carbonyl (C=O) groups excluding carboxylic acids is 1. The molecule has 0 N–H and O–H groups in total. The number of benzene rings is 3. The van der Waals surface area contributed by atoms with Crippen LogP contribution in [0.4, 0.5) is 0 Å². The van der Waals surface area contributed by atoms with Crippen LogP contribution in [-0.4, -0.2) is 47.3 Å². The molecule has 0 spiro atoms. The minimum Gasteiger partial charge on any atom is -0.496 e. The highest BCUT2D eigenvalue weighted by Gasteiger charge is 2.33. The van der Waals surface area contributed by atoms with Crippen LogP contribution < -0.4 is 9.47 Å². The Morgan fingerprint density at radius 1 is 0.938 bits per heavy atom. The number of nitrogens with zero attached hydrogens (tertiary/aromatic N) is 3. The number of aromatic nitrogens is 2. The van der Waals surface area contributed by atoms with Gasteiger partial charge in [0.15, 0.2) is 0 Å². The third-order valence-corrected chi connectivity index (χ3v) is 5.33. The molecule has 0 radical (unpaired) electrons. The molecular formula is C25H21N3O4. The number of amides is 1. The first kappa shape index (κ1) is 19.8. The molecule has 160 valence electrons. The average Bonchev–Trinajstić information content (AvgIpc) is 3.32. The fourth-order valence-corrected chi connectivity index (χ4v) is 3.58. The molecule has 4 aromatic rings. The Hall–Kier alpha value is -4.13. The summed E-state index contributed by atoms with van der Waals surface area (Å²) in [6.07, 6.45) is -0.0469. The van der Waals surface area contributed by atoms with Crippen molar-refractivity contribution in [2.24, 2.45) is 0 Å². The van der Waals surface area contributed by atoms with Crippen molar-refractivity contribution in [3.63, 3.8) is 0 Å². The summed E-state index contributed by atoms with van der Waals surface area (Å²) in [7, 11) is 1.56. The van der Waals surface area contributed by atoms with Gasteiger partial charge in [-0.15, -0.1) is 0 Å². The fraction of sp³-hybridized carbons (Fsp3) is 0.160. The van der Waals surface area contributed by atoms with Gasteiger partial charge in [0.05, 0.1) is 25.8 Å². The van der Waals surface area contributed by atoms with Crippen molar-refractivity contribution in [2.75, 3.05) is 20.2 Å². The Morgan fingerprint density at radius 3 is 2.41 bits per heavy atom. The molecule has 1 amide bonds. The monoisotopic (exact) mass is 427 g/mol. The first-order valence-corrected chi connectivity index (χ1v) is 10.3. The SMILES string of the molecule is COc1ccccc1C(=O)N1CC(Oc2ccc(-c3noc(-c4ccccc4)n3)cc2)C1. The second kappa shape index (κ2) is 8.55. The van der Waals surface area contributed by atoms with E-state index in [9.17, 15) is 4.79 Å². The van der Waals surface area contributed by atoms with Gasteiger partial charge in [-0.05, 0) is 48.5 Å². The molecule has 7 heteroatoms. The van der Waals surface area contributed by atoms with Crippen molar-refractivity contribution in [1.82, 2.24) is 15.0 Å². The highest BCUT2D eigenvalue weighted by Crippen LogP contribution is 2.27. The van der Waals surface area contributed by atoms with Gasteiger partial charge in [0, 0.05) is 11.1 Å². The summed E-state index contributed by atoms with van der Waals surface area (Å²) in [5, 5.41) is 4.07. The predicted molar refractivity (Wildman–Crippen MR) is 118 cm³/mol. The highest BCUT2D eigenvalue weighted by atomic mass is 16.5. The van der Waals surface area contributed by atoms with E-state index in [1.807, 2.05) is 66.7 Å². The zero-order valence-electron chi connectivity index (χ0n) is 17.5. The molecule has 32 heavy (non-hydrogen) atoms. The van der Waals surface area contributed by atoms with Gasteiger partial charge in [0.2, 0.25) is 5.82 Å². The van der Waals surface area contributed by atoms with Crippen LogP contribution in [-0.2, 0) is 0 Å². The number of hydrogen-bond acceptors (Lipinski definition) is 6. The van der Waals surface area contributed by atoms with Crippen molar-refractivity contribution in [2.45, 2.75) is 6.10 Å². The van der Waals surface area contributed by atoms with Crippen LogP contribution in [0.3, 0.4) is 0 Å². The van der Waals surface area contributed by atoms with Crippen LogP contribution >= 0.6 is 0 Å². The summed E-state index contributed by atoms with van der Waals surface area (Å²) in [6, 6.07) is 24.4. The van der Waals surface area contributed by atoms with Crippen LogP contribution in [0, 0.1) is 0 Å². The summed E-state index contributed by atoms with van der Waals surface area (Å²) in [4.78, 5) is 18.9. The largest absolute Gasteiger partial charge is 0.496 e. The minimum atomic E-state index is -0.0519. The molecule has 0 saturated carbocycles. The number of hydrogen-bond donors (Lipinski definition) is 0. The van der Waals surface area contributed by atoms with E-state index >= 15 is 0 Å². The number of methoxy groups -OCH3 is 1. The highest BCUT2D eigenvalue weighted by molar-refractivity contribution is 5.97. The average molecular weight is 427 g/mol. The lowest BCUT2D eigenvalue weighted by atomic mass is 10.1. The van der Waals surface area contributed by atoms with Crippen LogP contribution in [0.15, 0.2) is 83.4 Å². The van der Waals surface area contributed by atoms with Gasteiger partial charge < -0.3 is 18.9 Å². The maximum atomic E-state index is 12.7. The first-order valence-electron chi connectivity index (χ1n) is 10.3. The normalized spacial score (nSPS) is 13.5. The van der Waals surface area contributed by atoms with Crippen LogP contribution in [0.5, 0.6) is 11.5 Å². The third-order valence-electron chi connectivity index (χ3n) is 5.33. The molecule has 3 aromatic carbocycles. The minimum absolute atomic E-state index is 0.0469. The van der Waals surface area contributed by atoms with E-state index in [4.69, 9.17) is 14.0 Å². The molecule has 0 atom stereocenters. The molecular weight excluding hydrogens is 406 g/mol. The second-order valence-electron chi connectivity index (χ2n) is 7.46. The summed E-state index contributed by atoms with van der Waals surface area (Å²) >= 11 is 0. The number of ether oxygens (including phenoxy) is 2. The lowest BCUT2D eigenvalue weighted by molar-refractivity contribution is 0.0176. The zero-order chi connectivity index (χ0) is 21.9. The van der Waals surface area contributed by atoms with E-state index in [1.54, 1.807) is 24.1 Å². The zero-order valence-corrected chi connectivity index (χ0v) is 17.5. The number of para-hydroxylation sites is 1. The van der Waals surface area contributed by atoms with Crippen LogP contribution in [0.1, 0.15) is 10.4 Å². The van der Waals surface area contributed by atoms with Gasteiger partial charge >= 0.3 is 0 Å². The topological polar surface area (TPSA) is 77.7 Å². The summed E-state index contributed by atoms with van der Waals surface area (Å²) in [6.45, 7) is 1.06. The molecule has 1 aromatic heterocycles. The Labute approximate surface area is 185 Å². The van der Waals surface area contributed by atoms with Crippen molar-refractivity contribution < 1.29 is 18.8 Å². The maximum Gasteiger partial charge on any atom is 0.258 e. The van der Waals surface area contributed by atoms with Crippen LogP contribution in [0.2, 0.25) is 0 Å². The lowest BCUT2D eigenvalue weighted by Crippen LogP contribution is -2.56. The van der Waals surface area contributed by atoms with Crippen molar-refractivity contribution >= 4 is 5.91 Å². The van der Waals surface area contributed by atoms with Crippen molar-refractivity contribution in [3.05, 3.63) is 84.4 Å². The third kappa shape index (κ3) is 3.92.